The van der Waals surface area contributed by atoms with Crippen molar-refractivity contribution in [2.75, 3.05) is 6.54 Å². The normalized spacial score (nSPS) is 12.8. The molecular formula is C16H25N3S. The van der Waals surface area contributed by atoms with Crippen LogP contribution in [-0.2, 0) is 26.3 Å². The third kappa shape index (κ3) is 3.49. The third-order valence-electron chi connectivity index (χ3n) is 3.57. The lowest BCUT2D eigenvalue weighted by atomic mass is 10.0. The fourth-order valence-corrected chi connectivity index (χ4v) is 3.58. The molecule has 0 radical (unpaired) electrons. The Labute approximate surface area is 126 Å². The van der Waals surface area contributed by atoms with E-state index in [9.17, 15) is 0 Å². The van der Waals surface area contributed by atoms with Gasteiger partial charge in [-0.3, -0.25) is 4.68 Å². The summed E-state index contributed by atoms with van der Waals surface area (Å²) < 4.78 is 1.93. The monoisotopic (exact) mass is 291 g/mol. The van der Waals surface area contributed by atoms with Crippen molar-refractivity contribution < 1.29 is 0 Å². The number of aryl methyl sites for hydroxylation is 3. The second kappa shape index (κ2) is 7.04. The molecule has 0 amide bonds. The highest BCUT2D eigenvalue weighted by atomic mass is 32.1. The van der Waals surface area contributed by atoms with E-state index in [0.29, 0.717) is 6.04 Å². The van der Waals surface area contributed by atoms with Gasteiger partial charge in [-0.15, -0.1) is 11.3 Å². The Balaban J connectivity index is 2.21. The molecule has 2 aromatic heterocycles. The molecule has 0 saturated carbocycles. The third-order valence-corrected chi connectivity index (χ3v) is 4.82. The predicted molar refractivity (Wildman–Crippen MR) is 86.4 cm³/mol. The Hall–Kier alpha value is -1.13. The lowest BCUT2D eigenvalue weighted by Crippen LogP contribution is -2.23. The number of hydrogen-bond acceptors (Lipinski definition) is 3. The summed E-state index contributed by atoms with van der Waals surface area (Å²) in [5.74, 6) is 0. The lowest BCUT2D eigenvalue weighted by Gasteiger charge is -2.17. The van der Waals surface area contributed by atoms with Gasteiger partial charge in [0.2, 0.25) is 0 Å². The molecule has 1 atom stereocenters. The summed E-state index contributed by atoms with van der Waals surface area (Å²) in [6, 6.07) is 4.90. The van der Waals surface area contributed by atoms with Crippen LogP contribution in [0.5, 0.6) is 0 Å². The van der Waals surface area contributed by atoms with Gasteiger partial charge in [0.15, 0.2) is 0 Å². The van der Waals surface area contributed by atoms with Gasteiger partial charge in [0.05, 0.1) is 5.69 Å². The summed E-state index contributed by atoms with van der Waals surface area (Å²) in [4.78, 5) is 2.93. The molecule has 0 fully saturated rings. The van der Waals surface area contributed by atoms with Crippen LogP contribution in [0.3, 0.4) is 0 Å². The number of rotatable bonds is 7. The number of thiophene rings is 1. The molecule has 2 rings (SSSR count). The van der Waals surface area contributed by atoms with Crippen LogP contribution in [0.15, 0.2) is 18.3 Å². The van der Waals surface area contributed by atoms with E-state index in [2.05, 4.69) is 49.5 Å². The molecule has 0 aromatic carbocycles. The van der Waals surface area contributed by atoms with Gasteiger partial charge in [0, 0.05) is 41.0 Å². The topological polar surface area (TPSA) is 29.9 Å². The molecule has 20 heavy (non-hydrogen) atoms. The number of hydrogen-bond donors (Lipinski definition) is 1. The zero-order valence-electron chi connectivity index (χ0n) is 12.9. The van der Waals surface area contributed by atoms with Crippen LogP contribution in [0.2, 0.25) is 0 Å². The zero-order valence-corrected chi connectivity index (χ0v) is 13.8. The van der Waals surface area contributed by atoms with Gasteiger partial charge in [-0.1, -0.05) is 20.8 Å². The second-order valence-electron chi connectivity index (χ2n) is 5.09. The number of nitrogens with zero attached hydrogens (tertiary/aromatic N) is 2. The minimum absolute atomic E-state index is 0.368. The standard InChI is InChI=1S/C16H25N3S/c1-5-12-8-9-13(20-12)10-16(17-7-3)14-11-19(4)18-15(14)6-2/h8-9,11,16-17H,5-7,10H2,1-4H3. The summed E-state index contributed by atoms with van der Waals surface area (Å²) >= 11 is 1.93. The van der Waals surface area contributed by atoms with E-state index in [1.54, 1.807) is 0 Å². The highest BCUT2D eigenvalue weighted by Gasteiger charge is 2.18. The molecule has 0 aliphatic carbocycles. The SMILES string of the molecule is CCNC(Cc1ccc(CC)s1)c1cn(C)nc1CC. The van der Waals surface area contributed by atoms with Crippen LogP contribution in [-0.4, -0.2) is 16.3 Å². The van der Waals surface area contributed by atoms with Gasteiger partial charge < -0.3 is 5.32 Å². The first-order valence-electron chi connectivity index (χ1n) is 7.51. The van der Waals surface area contributed by atoms with Crippen LogP contribution in [0.4, 0.5) is 0 Å². The average Bonchev–Trinajstić information content (AvgIpc) is 3.04. The van der Waals surface area contributed by atoms with E-state index >= 15 is 0 Å². The van der Waals surface area contributed by atoms with Crippen molar-refractivity contribution in [2.24, 2.45) is 7.05 Å². The molecule has 1 N–H and O–H groups in total. The maximum Gasteiger partial charge on any atom is 0.0669 e. The van der Waals surface area contributed by atoms with E-state index in [4.69, 9.17) is 0 Å². The molecule has 0 saturated heterocycles. The highest BCUT2D eigenvalue weighted by Crippen LogP contribution is 2.26. The lowest BCUT2D eigenvalue weighted by molar-refractivity contribution is 0.549. The largest absolute Gasteiger partial charge is 0.310 e. The van der Waals surface area contributed by atoms with Crippen LogP contribution in [0.1, 0.15) is 47.8 Å². The average molecular weight is 291 g/mol. The Morgan fingerprint density at radius 3 is 2.55 bits per heavy atom. The Morgan fingerprint density at radius 2 is 1.95 bits per heavy atom. The fraction of sp³-hybridized carbons (Fsp3) is 0.562. The van der Waals surface area contributed by atoms with Gasteiger partial charge in [-0.25, -0.2) is 0 Å². The van der Waals surface area contributed by atoms with E-state index in [1.165, 1.54) is 21.0 Å². The molecule has 2 aromatic rings. The number of nitrogens with one attached hydrogen (secondary N) is 1. The minimum Gasteiger partial charge on any atom is -0.310 e. The summed E-state index contributed by atoms with van der Waals surface area (Å²) in [6.07, 6.45) is 5.34. The van der Waals surface area contributed by atoms with Crippen LogP contribution in [0.25, 0.3) is 0 Å². The molecule has 1 unspecified atom stereocenters. The first-order chi connectivity index (χ1) is 9.67. The van der Waals surface area contributed by atoms with Gasteiger partial charge in [-0.05, 0) is 31.5 Å². The molecular weight excluding hydrogens is 266 g/mol. The summed E-state index contributed by atoms with van der Waals surface area (Å²) in [5.41, 5.74) is 2.56. The van der Waals surface area contributed by atoms with E-state index < -0.39 is 0 Å². The van der Waals surface area contributed by atoms with E-state index in [-0.39, 0.29) is 0 Å². The van der Waals surface area contributed by atoms with Gasteiger partial charge >= 0.3 is 0 Å². The molecule has 110 valence electrons. The van der Waals surface area contributed by atoms with Crippen LogP contribution >= 0.6 is 11.3 Å². The minimum atomic E-state index is 0.368. The van der Waals surface area contributed by atoms with Crippen molar-refractivity contribution in [2.45, 2.75) is 46.1 Å². The number of aromatic nitrogens is 2. The molecule has 0 bridgehead atoms. The van der Waals surface area contributed by atoms with Crippen molar-refractivity contribution >= 4 is 11.3 Å². The smallest absolute Gasteiger partial charge is 0.0669 e. The summed E-state index contributed by atoms with van der Waals surface area (Å²) in [5, 5.41) is 8.19. The van der Waals surface area contributed by atoms with Crippen molar-refractivity contribution in [3.63, 3.8) is 0 Å². The zero-order chi connectivity index (χ0) is 14.5. The quantitative estimate of drug-likeness (QED) is 0.846. The molecule has 0 aliphatic heterocycles. The highest BCUT2D eigenvalue weighted by molar-refractivity contribution is 7.11. The fourth-order valence-electron chi connectivity index (χ4n) is 2.58. The van der Waals surface area contributed by atoms with Crippen molar-refractivity contribution in [3.8, 4) is 0 Å². The summed E-state index contributed by atoms with van der Waals surface area (Å²) in [7, 11) is 2.01. The van der Waals surface area contributed by atoms with Crippen molar-refractivity contribution in [1.82, 2.24) is 15.1 Å². The van der Waals surface area contributed by atoms with Crippen LogP contribution in [0, 0.1) is 0 Å². The van der Waals surface area contributed by atoms with Gasteiger partial charge in [0.25, 0.3) is 0 Å². The predicted octanol–water partition coefficient (Wildman–Crippen LogP) is 3.50. The van der Waals surface area contributed by atoms with Crippen molar-refractivity contribution in [1.29, 1.82) is 0 Å². The van der Waals surface area contributed by atoms with Gasteiger partial charge in [-0.2, -0.15) is 5.10 Å². The van der Waals surface area contributed by atoms with E-state index in [1.807, 2.05) is 23.1 Å². The molecule has 0 spiro atoms. The molecule has 2 heterocycles. The first kappa shape index (κ1) is 15.3. The van der Waals surface area contributed by atoms with Gasteiger partial charge in [0.1, 0.15) is 0 Å². The second-order valence-corrected chi connectivity index (χ2v) is 6.35. The molecule has 4 heteroatoms. The molecule has 3 nitrogen and oxygen atoms in total. The maximum absolute atomic E-state index is 4.58. The number of likely N-dealkylation sites (N-methyl/N-ethyl adjacent to an activating group) is 1. The van der Waals surface area contributed by atoms with Crippen molar-refractivity contribution in [3.05, 3.63) is 39.3 Å². The Morgan fingerprint density at radius 1 is 1.20 bits per heavy atom. The molecule has 0 aliphatic rings. The Bertz CT molecular complexity index is 542. The maximum atomic E-state index is 4.58. The van der Waals surface area contributed by atoms with E-state index in [0.717, 1.165) is 25.8 Å². The Kier molecular flexibility index (Phi) is 5.38. The first-order valence-corrected chi connectivity index (χ1v) is 8.32. The summed E-state index contributed by atoms with van der Waals surface area (Å²) in [6.45, 7) is 7.54. The van der Waals surface area contributed by atoms with Crippen LogP contribution < -0.4 is 5.32 Å².